The maximum Gasteiger partial charge on any atom is 0.0484 e. The minimum absolute atomic E-state index is 0.511. The van der Waals surface area contributed by atoms with Crippen LogP contribution in [0.1, 0.15) is 13.8 Å². The van der Waals surface area contributed by atoms with Gasteiger partial charge < -0.3 is 0 Å². The minimum atomic E-state index is 0.511. The SMILES string of the molecule is CC(C)C1NCN(C)C1CCl. The molecule has 2 nitrogen and oxygen atoms in total. The van der Waals surface area contributed by atoms with Crippen molar-refractivity contribution in [3.8, 4) is 0 Å². The number of hydrogen-bond acceptors (Lipinski definition) is 2. The van der Waals surface area contributed by atoms with E-state index in [2.05, 4.69) is 31.1 Å². The second-order valence-corrected chi connectivity index (χ2v) is 3.92. The molecule has 0 aromatic rings. The van der Waals surface area contributed by atoms with Gasteiger partial charge in [0.15, 0.2) is 0 Å². The Bertz CT molecular complexity index is 127. The van der Waals surface area contributed by atoms with Crippen molar-refractivity contribution in [1.29, 1.82) is 0 Å². The lowest BCUT2D eigenvalue weighted by Gasteiger charge is -2.23. The molecular weight excluding hydrogens is 160 g/mol. The predicted molar refractivity (Wildman–Crippen MR) is 48.9 cm³/mol. The monoisotopic (exact) mass is 176 g/mol. The fourth-order valence-electron chi connectivity index (χ4n) is 1.67. The van der Waals surface area contributed by atoms with Crippen LogP contribution in [0.5, 0.6) is 0 Å². The fourth-order valence-corrected chi connectivity index (χ4v) is 2.10. The molecule has 1 aliphatic rings. The molecule has 0 saturated carbocycles. The molecule has 0 radical (unpaired) electrons. The first kappa shape index (κ1) is 9.30. The van der Waals surface area contributed by atoms with Crippen LogP contribution in [0.4, 0.5) is 0 Å². The van der Waals surface area contributed by atoms with E-state index in [1.807, 2.05) is 0 Å². The van der Waals surface area contributed by atoms with Crippen LogP contribution in [0.15, 0.2) is 0 Å². The highest BCUT2D eigenvalue weighted by Gasteiger charge is 2.32. The number of likely N-dealkylation sites (N-methyl/N-ethyl adjacent to an activating group) is 1. The van der Waals surface area contributed by atoms with Crippen LogP contribution in [-0.4, -0.2) is 36.6 Å². The number of nitrogens with one attached hydrogen (secondary N) is 1. The van der Waals surface area contributed by atoms with Gasteiger partial charge in [-0.3, -0.25) is 10.2 Å². The zero-order valence-corrected chi connectivity index (χ0v) is 8.23. The average Bonchev–Trinajstić information content (AvgIpc) is 2.30. The average molecular weight is 177 g/mol. The Kier molecular flexibility index (Phi) is 3.16. The Morgan fingerprint density at radius 1 is 1.64 bits per heavy atom. The molecule has 2 unspecified atom stereocenters. The maximum atomic E-state index is 5.86. The summed E-state index contributed by atoms with van der Waals surface area (Å²) in [6, 6.07) is 1.08. The summed E-state index contributed by atoms with van der Waals surface area (Å²) >= 11 is 5.86. The normalized spacial score (nSPS) is 33.5. The highest BCUT2D eigenvalue weighted by molar-refractivity contribution is 6.18. The van der Waals surface area contributed by atoms with E-state index in [4.69, 9.17) is 11.6 Å². The third-order valence-corrected chi connectivity index (χ3v) is 2.75. The van der Waals surface area contributed by atoms with Gasteiger partial charge in [-0.2, -0.15) is 0 Å². The fraction of sp³-hybridized carbons (Fsp3) is 1.00. The maximum absolute atomic E-state index is 5.86. The molecule has 1 saturated heterocycles. The third-order valence-electron chi connectivity index (χ3n) is 2.43. The minimum Gasteiger partial charge on any atom is -0.300 e. The van der Waals surface area contributed by atoms with Crippen molar-refractivity contribution in [2.24, 2.45) is 5.92 Å². The summed E-state index contributed by atoms with van der Waals surface area (Å²) in [5.74, 6) is 1.40. The van der Waals surface area contributed by atoms with Gasteiger partial charge in [0.1, 0.15) is 0 Å². The van der Waals surface area contributed by atoms with Gasteiger partial charge in [-0.05, 0) is 13.0 Å². The first-order valence-electron chi connectivity index (χ1n) is 4.16. The number of halogens is 1. The van der Waals surface area contributed by atoms with Gasteiger partial charge in [0.25, 0.3) is 0 Å². The molecule has 0 aromatic carbocycles. The van der Waals surface area contributed by atoms with E-state index in [-0.39, 0.29) is 0 Å². The van der Waals surface area contributed by atoms with Crippen LogP contribution < -0.4 is 5.32 Å². The van der Waals surface area contributed by atoms with Gasteiger partial charge in [0.05, 0.1) is 0 Å². The molecule has 1 heterocycles. The molecular formula is C8H17ClN2. The Morgan fingerprint density at radius 3 is 2.64 bits per heavy atom. The van der Waals surface area contributed by atoms with E-state index in [1.165, 1.54) is 0 Å². The Hall–Kier alpha value is 0.210. The predicted octanol–water partition coefficient (Wildman–Crippen LogP) is 1.11. The molecule has 1 rings (SSSR count). The number of hydrogen-bond donors (Lipinski definition) is 1. The lowest BCUT2D eigenvalue weighted by atomic mass is 9.99. The van der Waals surface area contributed by atoms with E-state index in [0.29, 0.717) is 18.0 Å². The molecule has 1 fully saturated rings. The van der Waals surface area contributed by atoms with Crippen LogP contribution in [-0.2, 0) is 0 Å². The van der Waals surface area contributed by atoms with E-state index in [9.17, 15) is 0 Å². The number of alkyl halides is 1. The Morgan fingerprint density at radius 2 is 2.27 bits per heavy atom. The molecule has 1 N–H and O–H groups in total. The highest BCUT2D eigenvalue weighted by atomic mass is 35.5. The van der Waals surface area contributed by atoms with Crippen LogP contribution in [0.25, 0.3) is 0 Å². The quantitative estimate of drug-likeness (QED) is 0.635. The zero-order valence-electron chi connectivity index (χ0n) is 7.47. The largest absolute Gasteiger partial charge is 0.300 e. The number of rotatable bonds is 2. The van der Waals surface area contributed by atoms with Crippen molar-refractivity contribution in [2.75, 3.05) is 19.6 Å². The molecule has 0 aliphatic carbocycles. The topological polar surface area (TPSA) is 15.3 Å². The summed E-state index contributed by atoms with van der Waals surface area (Å²) in [5, 5.41) is 3.45. The van der Waals surface area contributed by atoms with Gasteiger partial charge in [0, 0.05) is 24.6 Å². The Balaban J connectivity index is 2.54. The van der Waals surface area contributed by atoms with Crippen molar-refractivity contribution < 1.29 is 0 Å². The summed E-state index contributed by atoms with van der Waals surface area (Å²) in [6.07, 6.45) is 0. The first-order valence-corrected chi connectivity index (χ1v) is 4.70. The number of nitrogens with zero attached hydrogens (tertiary/aromatic N) is 1. The van der Waals surface area contributed by atoms with Crippen LogP contribution in [0.3, 0.4) is 0 Å². The van der Waals surface area contributed by atoms with Gasteiger partial charge in [-0.15, -0.1) is 11.6 Å². The third kappa shape index (κ3) is 1.86. The van der Waals surface area contributed by atoms with Gasteiger partial charge in [-0.1, -0.05) is 13.8 Å². The van der Waals surface area contributed by atoms with Crippen molar-refractivity contribution in [3.63, 3.8) is 0 Å². The summed E-state index contributed by atoms with van der Waals surface area (Å²) < 4.78 is 0. The Labute approximate surface area is 73.9 Å². The standard InChI is InChI=1S/C8H17ClN2/c1-6(2)8-7(4-9)11(3)5-10-8/h6-8,10H,4-5H2,1-3H3. The summed E-state index contributed by atoms with van der Waals surface area (Å²) in [4.78, 5) is 2.28. The van der Waals surface area contributed by atoms with Crippen molar-refractivity contribution >= 4 is 11.6 Å². The molecule has 0 amide bonds. The molecule has 0 spiro atoms. The van der Waals surface area contributed by atoms with Crippen LogP contribution in [0, 0.1) is 5.92 Å². The van der Waals surface area contributed by atoms with E-state index in [0.717, 1.165) is 12.5 Å². The van der Waals surface area contributed by atoms with E-state index in [1.54, 1.807) is 0 Å². The molecule has 1 aliphatic heterocycles. The second kappa shape index (κ2) is 3.74. The molecule has 2 atom stereocenters. The smallest absolute Gasteiger partial charge is 0.0484 e. The highest BCUT2D eigenvalue weighted by Crippen LogP contribution is 2.17. The van der Waals surface area contributed by atoms with Gasteiger partial charge in [0.2, 0.25) is 0 Å². The summed E-state index contributed by atoms with van der Waals surface area (Å²) in [5.41, 5.74) is 0. The second-order valence-electron chi connectivity index (χ2n) is 3.61. The van der Waals surface area contributed by atoms with E-state index < -0.39 is 0 Å². The summed E-state index contributed by atoms with van der Waals surface area (Å²) in [7, 11) is 2.11. The van der Waals surface area contributed by atoms with Gasteiger partial charge in [-0.25, -0.2) is 0 Å². The lowest BCUT2D eigenvalue weighted by Crippen LogP contribution is -2.39. The van der Waals surface area contributed by atoms with Crippen molar-refractivity contribution in [1.82, 2.24) is 10.2 Å². The molecule has 0 aromatic heterocycles. The first-order chi connectivity index (χ1) is 5.16. The molecule has 66 valence electrons. The molecule has 3 heteroatoms. The molecule has 0 bridgehead atoms. The van der Waals surface area contributed by atoms with Crippen LogP contribution >= 0.6 is 11.6 Å². The summed E-state index contributed by atoms with van der Waals surface area (Å²) in [6.45, 7) is 5.44. The van der Waals surface area contributed by atoms with Crippen molar-refractivity contribution in [2.45, 2.75) is 25.9 Å². The van der Waals surface area contributed by atoms with Crippen molar-refractivity contribution in [3.05, 3.63) is 0 Å². The lowest BCUT2D eigenvalue weighted by molar-refractivity contribution is 0.298. The molecule has 11 heavy (non-hydrogen) atoms. The van der Waals surface area contributed by atoms with E-state index >= 15 is 0 Å². The van der Waals surface area contributed by atoms with Crippen LogP contribution in [0.2, 0.25) is 0 Å². The van der Waals surface area contributed by atoms with Gasteiger partial charge >= 0.3 is 0 Å². The zero-order chi connectivity index (χ0) is 8.43.